The molecule has 2 fully saturated rings. The van der Waals surface area contributed by atoms with Crippen molar-refractivity contribution in [3.63, 3.8) is 0 Å². The summed E-state index contributed by atoms with van der Waals surface area (Å²) in [4.78, 5) is 25.7. The highest BCUT2D eigenvalue weighted by Crippen LogP contribution is 2.31. The molecule has 0 radical (unpaired) electrons. The van der Waals surface area contributed by atoms with Gasteiger partial charge in [-0.15, -0.1) is 0 Å². The van der Waals surface area contributed by atoms with Gasteiger partial charge in [0.1, 0.15) is 11.6 Å². The normalized spacial score (nSPS) is 28.6. The maximum atomic E-state index is 12.7. The Morgan fingerprint density at radius 1 is 1.29 bits per heavy atom. The average molecular weight is 297 g/mol. The first kappa shape index (κ1) is 16.3. The van der Waals surface area contributed by atoms with Crippen LogP contribution in [0.2, 0.25) is 0 Å². The molecular weight excluding hydrogens is 270 g/mol. The molecule has 1 heterocycles. The number of hydrogen-bond donors (Lipinski definition) is 1. The van der Waals surface area contributed by atoms with E-state index in [-0.39, 0.29) is 12.0 Å². The number of carboxylic acids is 1. The first-order valence-electron chi connectivity index (χ1n) is 8.19. The van der Waals surface area contributed by atoms with Gasteiger partial charge in [-0.05, 0) is 39.0 Å². The van der Waals surface area contributed by atoms with Crippen LogP contribution in [0.25, 0.3) is 0 Å². The monoisotopic (exact) mass is 297 g/mol. The minimum atomic E-state index is -1.07. The van der Waals surface area contributed by atoms with Gasteiger partial charge in [-0.2, -0.15) is 0 Å². The molecule has 1 N–H and O–H groups in total. The van der Waals surface area contributed by atoms with Crippen molar-refractivity contribution in [2.45, 2.75) is 83.0 Å². The van der Waals surface area contributed by atoms with Gasteiger partial charge in [0.15, 0.2) is 0 Å². The van der Waals surface area contributed by atoms with E-state index >= 15 is 0 Å². The standard InChI is InChI=1S/C16H27NO4/c1-3-13(21-12-8-5-4-6-9-12)14(18)17-11-7-10-16(17,2)15(19)20/h12-13H,3-11H2,1-2H3,(H,19,20). The third-order valence-electron chi connectivity index (χ3n) is 4.92. The van der Waals surface area contributed by atoms with Gasteiger partial charge < -0.3 is 14.7 Å². The van der Waals surface area contributed by atoms with Crippen LogP contribution in [0.3, 0.4) is 0 Å². The predicted octanol–water partition coefficient (Wildman–Crippen LogP) is 2.58. The molecule has 5 nitrogen and oxygen atoms in total. The van der Waals surface area contributed by atoms with Crippen LogP contribution in [0.15, 0.2) is 0 Å². The number of nitrogens with zero attached hydrogens (tertiary/aromatic N) is 1. The summed E-state index contributed by atoms with van der Waals surface area (Å²) in [6, 6.07) is 0. The third kappa shape index (κ3) is 3.39. The molecule has 0 spiro atoms. The highest BCUT2D eigenvalue weighted by atomic mass is 16.5. The largest absolute Gasteiger partial charge is 0.480 e. The number of carboxylic acid groups (broad SMARTS) is 1. The second-order valence-corrected chi connectivity index (χ2v) is 6.47. The zero-order valence-corrected chi connectivity index (χ0v) is 13.1. The van der Waals surface area contributed by atoms with E-state index in [0.717, 1.165) is 32.1 Å². The van der Waals surface area contributed by atoms with E-state index in [1.165, 1.54) is 11.3 Å². The number of rotatable bonds is 5. The summed E-state index contributed by atoms with van der Waals surface area (Å²) in [7, 11) is 0. The molecule has 0 bridgehead atoms. The molecule has 0 aromatic rings. The van der Waals surface area contributed by atoms with Crippen LogP contribution in [-0.4, -0.2) is 46.2 Å². The molecule has 0 aromatic carbocycles. The third-order valence-corrected chi connectivity index (χ3v) is 4.92. The van der Waals surface area contributed by atoms with Crippen LogP contribution in [0.4, 0.5) is 0 Å². The molecule has 1 aliphatic carbocycles. The van der Waals surface area contributed by atoms with Crippen molar-refractivity contribution in [3.8, 4) is 0 Å². The van der Waals surface area contributed by atoms with Crippen LogP contribution >= 0.6 is 0 Å². The Balaban J connectivity index is 2.03. The Hall–Kier alpha value is -1.10. The minimum absolute atomic E-state index is 0.148. The molecule has 1 amide bonds. The summed E-state index contributed by atoms with van der Waals surface area (Å²) in [5, 5.41) is 9.43. The zero-order chi connectivity index (χ0) is 15.5. The van der Waals surface area contributed by atoms with Crippen molar-refractivity contribution in [2.75, 3.05) is 6.54 Å². The van der Waals surface area contributed by atoms with Gasteiger partial charge in [-0.3, -0.25) is 4.79 Å². The molecule has 2 aliphatic rings. The Morgan fingerprint density at radius 2 is 1.95 bits per heavy atom. The minimum Gasteiger partial charge on any atom is -0.480 e. The fourth-order valence-corrected chi connectivity index (χ4v) is 3.48. The lowest BCUT2D eigenvalue weighted by Gasteiger charge is -2.35. The second kappa shape index (κ2) is 6.77. The van der Waals surface area contributed by atoms with Crippen LogP contribution < -0.4 is 0 Å². The van der Waals surface area contributed by atoms with Crippen LogP contribution in [0.1, 0.15) is 65.2 Å². The van der Waals surface area contributed by atoms with Gasteiger partial charge in [-0.1, -0.05) is 26.2 Å². The van der Waals surface area contributed by atoms with Crippen LogP contribution in [0, 0.1) is 0 Å². The lowest BCUT2D eigenvalue weighted by Crippen LogP contribution is -2.54. The van der Waals surface area contributed by atoms with Gasteiger partial charge in [0, 0.05) is 6.54 Å². The predicted molar refractivity (Wildman–Crippen MR) is 79.0 cm³/mol. The Morgan fingerprint density at radius 3 is 2.52 bits per heavy atom. The Kier molecular flexibility index (Phi) is 5.25. The van der Waals surface area contributed by atoms with E-state index in [0.29, 0.717) is 19.4 Å². The lowest BCUT2D eigenvalue weighted by atomic mass is 9.97. The van der Waals surface area contributed by atoms with Crippen molar-refractivity contribution in [3.05, 3.63) is 0 Å². The van der Waals surface area contributed by atoms with Gasteiger partial charge in [0.25, 0.3) is 5.91 Å². The lowest BCUT2D eigenvalue weighted by molar-refractivity contribution is -0.163. The molecule has 2 unspecified atom stereocenters. The van der Waals surface area contributed by atoms with Crippen LogP contribution in [-0.2, 0) is 14.3 Å². The number of carbonyl (C=O) groups is 2. The molecule has 1 saturated carbocycles. The maximum Gasteiger partial charge on any atom is 0.329 e. The smallest absolute Gasteiger partial charge is 0.329 e. The summed E-state index contributed by atoms with van der Waals surface area (Å²) in [6.45, 7) is 4.10. The molecule has 1 aliphatic heterocycles. The average Bonchev–Trinajstić information content (AvgIpc) is 2.88. The zero-order valence-electron chi connectivity index (χ0n) is 13.1. The highest BCUT2D eigenvalue weighted by molar-refractivity contribution is 5.89. The van der Waals surface area contributed by atoms with Crippen molar-refractivity contribution >= 4 is 11.9 Å². The first-order valence-corrected chi connectivity index (χ1v) is 8.19. The van der Waals surface area contributed by atoms with Crippen molar-refractivity contribution < 1.29 is 19.4 Å². The molecule has 0 aromatic heterocycles. The number of carbonyl (C=O) groups excluding carboxylic acids is 1. The van der Waals surface area contributed by atoms with Gasteiger partial charge in [0.05, 0.1) is 6.10 Å². The molecule has 2 rings (SSSR count). The summed E-state index contributed by atoms with van der Waals surface area (Å²) in [6.07, 6.45) is 7.12. The fraction of sp³-hybridized carbons (Fsp3) is 0.875. The molecule has 2 atom stereocenters. The summed E-state index contributed by atoms with van der Waals surface area (Å²) in [5.74, 6) is -1.06. The number of likely N-dealkylation sites (tertiary alicyclic amines) is 1. The van der Waals surface area contributed by atoms with E-state index in [9.17, 15) is 14.7 Å². The highest BCUT2D eigenvalue weighted by Gasteiger charge is 2.47. The summed E-state index contributed by atoms with van der Waals surface area (Å²) < 4.78 is 6.00. The SMILES string of the molecule is CCC(OC1CCCCC1)C(=O)N1CCCC1(C)C(=O)O. The summed E-state index contributed by atoms with van der Waals surface area (Å²) in [5.41, 5.74) is -1.07. The van der Waals surface area contributed by atoms with Gasteiger partial charge >= 0.3 is 5.97 Å². The molecule has 120 valence electrons. The van der Waals surface area contributed by atoms with Gasteiger partial charge in [-0.25, -0.2) is 4.79 Å². The van der Waals surface area contributed by atoms with Crippen molar-refractivity contribution in [2.24, 2.45) is 0 Å². The maximum absolute atomic E-state index is 12.7. The second-order valence-electron chi connectivity index (χ2n) is 6.47. The van der Waals surface area contributed by atoms with E-state index < -0.39 is 17.6 Å². The van der Waals surface area contributed by atoms with Crippen molar-refractivity contribution in [1.29, 1.82) is 0 Å². The number of aliphatic carboxylic acids is 1. The van der Waals surface area contributed by atoms with E-state index in [2.05, 4.69) is 0 Å². The Labute approximate surface area is 126 Å². The Bertz CT molecular complexity index is 392. The molecular formula is C16H27NO4. The topological polar surface area (TPSA) is 66.8 Å². The first-order chi connectivity index (χ1) is 9.99. The van der Waals surface area contributed by atoms with Crippen LogP contribution in [0.5, 0.6) is 0 Å². The van der Waals surface area contributed by atoms with E-state index in [1.807, 2.05) is 6.92 Å². The number of ether oxygens (including phenoxy) is 1. The summed E-state index contributed by atoms with van der Waals surface area (Å²) >= 11 is 0. The molecule has 21 heavy (non-hydrogen) atoms. The molecule has 1 saturated heterocycles. The van der Waals surface area contributed by atoms with E-state index in [4.69, 9.17) is 4.74 Å². The van der Waals surface area contributed by atoms with E-state index in [1.54, 1.807) is 6.92 Å². The van der Waals surface area contributed by atoms with Gasteiger partial charge in [0.2, 0.25) is 0 Å². The quantitative estimate of drug-likeness (QED) is 0.847. The van der Waals surface area contributed by atoms with Crippen molar-refractivity contribution in [1.82, 2.24) is 4.90 Å². The number of amides is 1. The fourth-order valence-electron chi connectivity index (χ4n) is 3.48. The molecule has 5 heteroatoms. The number of hydrogen-bond acceptors (Lipinski definition) is 3.